The largest absolute Gasteiger partial charge is 0.325 e. The van der Waals surface area contributed by atoms with Gasteiger partial charge in [0.2, 0.25) is 5.91 Å². The van der Waals surface area contributed by atoms with Crippen LogP contribution in [-0.2, 0) is 11.3 Å². The molecule has 0 saturated heterocycles. The van der Waals surface area contributed by atoms with Crippen molar-refractivity contribution in [2.45, 2.75) is 6.54 Å². The number of benzene rings is 2. The molecule has 3 aromatic rings. The number of halogens is 2. The quantitative estimate of drug-likeness (QED) is 0.805. The molecule has 21 heavy (non-hydrogen) atoms. The van der Waals surface area contributed by atoms with Crippen molar-refractivity contribution in [1.29, 1.82) is 0 Å². The van der Waals surface area contributed by atoms with Crippen LogP contribution in [0.15, 0.2) is 48.8 Å². The summed E-state index contributed by atoms with van der Waals surface area (Å²) in [5, 5.41) is 2.72. The van der Waals surface area contributed by atoms with Gasteiger partial charge in [0.25, 0.3) is 0 Å². The van der Waals surface area contributed by atoms with Crippen LogP contribution < -0.4 is 5.32 Å². The first-order chi connectivity index (χ1) is 10.1. The Morgan fingerprint density at radius 2 is 1.86 bits per heavy atom. The van der Waals surface area contributed by atoms with E-state index in [4.69, 9.17) is 0 Å². The molecule has 3 rings (SSSR count). The van der Waals surface area contributed by atoms with E-state index in [0.717, 1.165) is 12.1 Å². The van der Waals surface area contributed by atoms with Crippen molar-refractivity contribution in [3.63, 3.8) is 0 Å². The van der Waals surface area contributed by atoms with Crippen LogP contribution in [0, 0.1) is 11.6 Å². The van der Waals surface area contributed by atoms with Crippen LogP contribution in [0.5, 0.6) is 0 Å². The average Bonchev–Trinajstić information content (AvgIpc) is 2.83. The minimum Gasteiger partial charge on any atom is -0.325 e. The zero-order valence-corrected chi connectivity index (χ0v) is 10.9. The van der Waals surface area contributed by atoms with Crippen molar-refractivity contribution in [1.82, 2.24) is 9.55 Å². The number of hydrogen-bond acceptors (Lipinski definition) is 2. The van der Waals surface area contributed by atoms with Gasteiger partial charge in [-0.15, -0.1) is 0 Å². The third kappa shape index (κ3) is 2.74. The molecule has 2 aromatic carbocycles. The molecule has 0 aliphatic rings. The highest BCUT2D eigenvalue weighted by Crippen LogP contribution is 2.17. The number of fused-ring (bicyclic) bond motifs is 1. The number of imidazole rings is 1. The van der Waals surface area contributed by atoms with Crippen LogP contribution in [0.4, 0.5) is 14.5 Å². The minimum atomic E-state index is -0.965. The maximum Gasteiger partial charge on any atom is 0.244 e. The molecule has 1 heterocycles. The smallest absolute Gasteiger partial charge is 0.244 e. The third-order valence-corrected chi connectivity index (χ3v) is 3.03. The van der Waals surface area contributed by atoms with E-state index in [2.05, 4.69) is 10.3 Å². The Kier molecular flexibility index (Phi) is 3.35. The van der Waals surface area contributed by atoms with E-state index in [-0.39, 0.29) is 12.5 Å². The van der Waals surface area contributed by atoms with Crippen molar-refractivity contribution in [3.05, 3.63) is 60.4 Å². The van der Waals surface area contributed by atoms with Crippen molar-refractivity contribution < 1.29 is 13.6 Å². The summed E-state index contributed by atoms with van der Waals surface area (Å²) in [5.41, 5.74) is 1.35. The number of amides is 1. The van der Waals surface area contributed by atoms with Gasteiger partial charge in [0.1, 0.15) is 6.54 Å². The lowest BCUT2D eigenvalue weighted by molar-refractivity contribution is -0.116. The maximum atomic E-state index is 13.3. The van der Waals surface area contributed by atoms with Crippen LogP contribution in [0.1, 0.15) is 0 Å². The summed E-state index contributed by atoms with van der Waals surface area (Å²) >= 11 is 0. The molecular formula is C15H11F2N3O. The van der Waals surface area contributed by atoms with E-state index >= 15 is 0 Å². The lowest BCUT2D eigenvalue weighted by atomic mass is 10.3. The molecule has 0 radical (unpaired) electrons. The van der Waals surface area contributed by atoms with Gasteiger partial charge in [-0.05, 0) is 12.1 Å². The second-order valence-electron chi connectivity index (χ2n) is 4.54. The van der Waals surface area contributed by atoms with E-state index in [1.165, 1.54) is 10.9 Å². The first-order valence-corrected chi connectivity index (χ1v) is 6.28. The molecule has 1 amide bonds. The lowest BCUT2D eigenvalue weighted by Crippen LogP contribution is -2.18. The molecule has 1 aromatic heterocycles. The van der Waals surface area contributed by atoms with E-state index in [1.807, 2.05) is 6.07 Å². The van der Waals surface area contributed by atoms with Crippen molar-refractivity contribution in [2.75, 3.05) is 5.32 Å². The highest BCUT2D eigenvalue weighted by atomic mass is 19.2. The highest BCUT2D eigenvalue weighted by molar-refractivity contribution is 5.91. The van der Waals surface area contributed by atoms with E-state index < -0.39 is 11.6 Å². The predicted molar refractivity (Wildman–Crippen MR) is 74.7 cm³/mol. The number of carbonyl (C=O) groups excluding carboxylic acids is 1. The summed E-state index contributed by atoms with van der Waals surface area (Å²) in [4.78, 5) is 15.9. The number of aromatic nitrogens is 2. The molecule has 0 unspecified atom stereocenters. The fourth-order valence-corrected chi connectivity index (χ4v) is 2.06. The normalized spacial score (nSPS) is 10.8. The van der Waals surface area contributed by atoms with Gasteiger partial charge in [-0.2, -0.15) is 0 Å². The summed E-state index contributed by atoms with van der Waals surface area (Å²) in [6.45, 7) is -0.0313. The van der Waals surface area contributed by atoms with Crippen molar-refractivity contribution >= 4 is 22.6 Å². The van der Waals surface area contributed by atoms with Crippen molar-refractivity contribution in [3.8, 4) is 0 Å². The zero-order chi connectivity index (χ0) is 14.8. The molecule has 0 bridgehead atoms. The number of nitrogens with zero attached hydrogens (tertiary/aromatic N) is 2. The molecule has 0 spiro atoms. The van der Waals surface area contributed by atoms with Gasteiger partial charge in [-0.25, -0.2) is 13.8 Å². The second-order valence-corrected chi connectivity index (χ2v) is 4.54. The van der Waals surface area contributed by atoms with E-state index in [9.17, 15) is 13.6 Å². The van der Waals surface area contributed by atoms with Gasteiger partial charge in [0, 0.05) is 17.8 Å². The van der Waals surface area contributed by atoms with Gasteiger partial charge < -0.3 is 9.88 Å². The average molecular weight is 287 g/mol. The summed E-state index contributed by atoms with van der Waals surface area (Å²) in [6, 6.07) is 11.0. The second kappa shape index (κ2) is 5.32. The molecular weight excluding hydrogens is 276 g/mol. The Hall–Kier alpha value is -2.76. The molecule has 4 nitrogen and oxygen atoms in total. The van der Waals surface area contributed by atoms with Gasteiger partial charge in [-0.3, -0.25) is 4.79 Å². The standard InChI is InChI=1S/C15H11F2N3O/c16-11-6-13-14(7-12(11)17)20(9-18-13)8-15(21)19-10-4-2-1-3-5-10/h1-7,9H,8H2,(H,19,21). The Bertz CT molecular complexity index is 799. The monoisotopic (exact) mass is 287 g/mol. The van der Waals surface area contributed by atoms with E-state index in [1.54, 1.807) is 24.3 Å². The van der Waals surface area contributed by atoms with Gasteiger partial charge >= 0.3 is 0 Å². The fourth-order valence-electron chi connectivity index (χ4n) is 2.06. The van der Waals surface area contributed by atoms with Crippen LogP contribution in [0.25, 0.3) is 11.0 Å². The Labute approximate surface area is 119 Å². The Morgan fingerprint density at radius 1 is 1.14 bits per heavy atom. The fraction of sp³-hybridized carbons (Fsp3) is 0.0667. The SMILES string of the molecule is O=C(Cn1cnc2cc(F)c(F)cc21)Nc1ccccc1. The van der Waals surface area contributed by atoms with E-state index in [0.29, 0.717) is 16.7 Å². The van der Waals surface area contributed by atoms with Gasteiger partial charge in [0.15, 0.2) is 11.6 Å². The number of anilines is 1. The number of hydrogen-bond donors (Lipinski definition) is 1. The first kappa shape index (κ1) is 13.2. The summed E-state index contributed by atoms with van der Waals surface area (Å²) in [7, 11) is 0. The lowest BCUT2D eigenvalue weighted by Gasteiger charge is -2.06. The third-order valence-electron chi connectivity index (χ3n) is 3.03. The number of carbonyl (C=O) groups is 1. The Morgan fingerprint density at radius 3 is 2.62 bits per heavy atom. The summed E-state index contributed by atoms with van der Waals surface area (Å²) < 4.78 is 27.8. The molecule has 0 saturated carbocycles. The Balaban J connectivity index is 1.82. The molecule has 0 aliphatic carbocycles. The first-order valence-electron chi connectivity index (χ1n) is 6.28. The summed E-state index contributed by atoms with van der Waals surface area (Å²) in [6.07, 6.45) is 1.38. The number of nitrogens with one attached hydrogen (secondary N) is 1. The molecule has 0 fully saturated rings. The number of rotatable bonds is 3. The van der Waals surface area contributed by atoms with Gasteiger partial charge in [-0.1, -0.05) is 18.2 Å². The molecule has 106 valence electrons. The maximum absolute atomic E-state index is 13.3. The number of para-hydroxylation sites is 1. The minimum absolute atomic E-state index is 0.0313. The van der Waals surface area contributed by atoms with Crippen LogP contribution >= 0.6 is 0 Å². The molecule has 0 aliphatic heterocycles. The topological polar surface area (TPSA) is 46.9 Å². The van der Waals surface area contributed by atoms with Crippen molar-refractivity contribution in [2.24, 2.45) is 0 Å². The predicted octanol–water partition coefficient (Wildman–Crippen LogP) is 2.95. The molecule has 0 atom stereocenters. The zero-order valence-electron chi connectivity index (χ0n) is 10.9. The van der Waals surface area contributed by atoms with Crippen LogP contribution in [-0.4, -0.2) is 15.5 Å². The molecule has 1 N–H and O–H groups in total. The molecule has 6 heteroatoms. The van der Waals surface area contributed by atoms with Crippen LogP contribution in [0.2, 0.25) is 0 Å². The van der Waals surface area contributed by atoms with Gasteiger partial charge in [0.05, 0.1) is 17.4 Å². The highest BCUT2D eigenvalue weighted by Gasteiger charge is 2.11. The van der Waals surface area contributed by atoms with Crippen LogP contribution in [0.3, 0.4) is 0 Å². The summed E-state index contributed by atoms with van der Waals surface area (Å²) in [5.74, 6) is -2.19.